The Labute approximate surface area is 164 Å². The van der Waals surface area contributed by atoms with Crippen LogP contribution in [0.2, 0.25) is 0 Å². The van der Waals surface area contributed by atoms with Crippen molar-refractivity contribution in [3.63, 3.8) is 0 Å². The van der Waals surface area contributed by atoms with Crippen LogP contribution >= 0.6 is 27.7 Å². The molecule has 0 unspecified atom stereocenters. The number of halogens is 3. The summed E-state index contributed by atoms with van der Waals surface area (Å²) < 4.78 is 27.5. The molecule has 0 saturated heterocycles. The molecular weight excluding hydrogens is 438 g/mol. The van der Waals surface area contributed by atoms with Gasteiger partial charge in [-0.1, -0.05) is 27.7 Å². The summed E-state index contributed by atoms with van der Waals surface area (Å²) in [5.74, 6) is -1.93. The molecule has 9 heteroatoms. The fraction of sp³-hybridized carbons (Fsp3) is 0.0556. The molecule has 1 amide bonds. The third-order valence-corrected chi connectivity index (χ3v) is 5.34. The fourth-order valence-corrected chi connectivity index (χ4v) is 3.78. The molecule has 4 rings (SSSR count). The lowest BCUT2D eigenvalue weighted by molar-refractivity contribution is -0.113. The minimum absolute atomic E-state index is 0.0159. The molecule has 0 aliphatic heterocycles. The number of benzene rings is 2. The zero-order chi connectivity index (χ0) is 19.0. The first kappa shape index (κ1) is 17.9. The second-order valence-electron chi connectivity index (χ2n) is 5.68. The molecule has 2 aromatic carbocycles. The van der Waals surface area contributed by atoms with Gasteiger partial charge in [0.25, 0.3) is 0 Å². The van der Waals surface area contributed by atoms with Crippen molar-refractivity contribution in [2.75, 3.05) is 11.1 Å². The van der Waals surface area contributed by atoms with Crippen molar-refractivity contribution in [3.05, 3.63) is 58.8 Å². The van der Waals surface area contributed by atoms with Crippen molar-refractivity contribution in [2.45, 2.75) is 5.03 Å². The molecule has 0 saturated carbocycles. The number of H-pyrrole nitrogens is 1. The van der Waals surface area contributed by atoms with Crippen molar-refractivity contribution < 1.29 is 13.6 Å². The number of nitrogens with one attached hydrogen (secondary N) is 2. The van der Waals surface area contributed by atoms with Crippen LogP contribution in [0.1, 0.15) is 0 Å². The number of thioether (sulfide) groups is 1. The van der Waals surface area contributed by atoms with E-state index in [1.165, 1.54) is 24.2 Å². The summed E-state index contributed by atoms with van der Waals surface area (Å²) >= 11 is 4.65. The van der Waals surface area contributed by atoms with E-state index in [1.54, 1.807) is 0 Å². The number of fused-ring (bicyclic) bond motifs is 3. The maximum absolute atomic E-state index is 13.6. The number of anilines is 1. The van der Waals surface area contributed by atoms with Crippen molar-refractivity contribution in [1.82, 2.24) is 15.0 Å². The van der Waals surface area contributed by atoms with Gasteiger partial charge in [-0.3, -0.25) is 4.79 Å². The lowest BCUT2D eigenvalue weighted by Crippen LogP contribution is -2.15. The van der Waals surface area contributed by atoms with Crippen LogP contribution in [0.3, 0.4) is 0 Å². The Morgan fingerprint density at radius 2 is 2.04 bits per heavy atom. The number of aromatic amines is 1. The molecule has 27 heavy (non-hydrogen) atoms. The van der Waals surface area contributed by atoms with E-state index in [-0.39, 0.29) is 11.4 Å². The molecule has 0 aliphatic carbocycles. The van der Waals surface area contributed by atoms with Crippen molar-refractivity contribution >= 4 is 61.2 Å². The molecule has 0 spiro atoms. The Kier molecular flexibility index (Phi) is 4.79. The number of nitrogens with zero attached hydrogens (tertiary/aromatic N) is 2. The monoisotopic (exact) mass is 448 g/mol. The standard InChI is InChI=1S/C18H11BrF2N4OS/c19-9-1-3-13-11(5-9)16-17(25-13)18(23-8-22-16)27-7-15(26)24-14-4-2-10(20)6-12(14)21/h1-6,8,25H,7H2,(H,24,26). The molecule has 0 atom stereocenters. The quantitative estimate of drug-likeness (QED) is 0.344. The predicted octanol–water partition coefficient (Wildman–Crippen LogP) is 4.88. The topological polar surface area (TPSA) is 70.7 Å². The van der Waals surface area contributed by atoms with Gasteiger partial charge in [-0.05, 0) is 30.3 Å². The van der Waals surface area contributed by atoms with Gasteiger partial charge < -0.3 is 10.3 Å². The lowest BCUT2D eigenvalue weighted by Gasteiger charge is -2.06. The first-order chi connectivity index (χ1) is 13.0. The third-order valence-electron chi connectivity index (χ3n) is 3.85. The van der Waals surface area contributed by atoms with Crippen molar-refractivity contribution in [1.29, 1.82) is 0 Å². The van der Waals surface area contributed by atoms with Crippen LogP contribution in [0.15, 0.2) is 52.2 Å². The molecular formula is C18H11BrF2N4OS. The maximum atomic E-state index is 13.6. The number of carbonyl (C=O) groups excluding carboxylic acids is 1. The number of rotatable bonds is 4. The van der Waals surface area contributed by atoms with E-state index in [2.05, 4.69) is 36.2 Å². The molecule has 5 nitrogen and oxygen atoms in total. The molecule has 2 N–H and O–H groups in total. The number of carbonyl (C=O) groups is 1. The van der Waals surface area contributed by atoms with Gasteiger partial charge in [0.2, 0.25) is 5.91 Å². The second kappa shape index (κ2) is 7.24. The van der Waals surface area contributed by atoms with E-state index in [0.717, 1.165) is 38.5 Å². The van der Waals surface area contributed by atoms with E-state index < -0.39 is 17.5 Å². The Morgan fingerprint density at radius 3 is 2.85 bits per heavy atom. The molecule has 0 fully saturated rings. The maximum Gasteiger partial charge on any atom is 0.234 e. The van der Waals surface area contributed by atoms with Crippen LogP contribution in [-0.4, -0.2) is 26.6 Å². The Balaban J connectivity index is 1.55. The van der Waals surface area contributed by atoms with Gasteiger partial charge in [-0.25, -0.2) is 18.7 Å². The third kappa shape index (κ3) is 3.65. The molecule has 4 aromatic rings. The summed E-state index contributed by atoms with van der Waals surface area (Å²) in [6.45, 7) is 0. The van der Waals surface area contributed by atoms with Crippen LogP contribution in [-0.2, 0) is 4.79 Å². The van der Waals surface area contributed by atoms with Crippen molar-refractivity contribution in [2.24, 2.45) is 0 Å². The van der Waals surface area contributed by atoms with E-state index in [1.807, 2.05) is 18.2 Å². The minimum Gasteiger partial charge on any atom is -0.351 e. The molecule has 2 heterocycles. The summed E-state index contributed by atoms with van der Waals surface area (Å²) in [6, 6.07) is 8.80. The summed E-state index contributed by atoms with van der Waals surface area (Å²) in [5, 5.41) is 3.99. The van der Waals surface area contributed by atoms with Gasteiger partial charge in [0.15, 0.2) is 0 Å². The summed E-state index contributed by atoms with van der Waals surface area (Å²) in [4.78, 5) is 23.9. The van der Waals surface area contributed by atoms with E-state index in [0.29, 0.717) is 5.03 Å². The van der Waals surface area contributed by atoms with Gasteiger partial charge in [0, 0.05) is 21.4 Å². The van der Waals surface area contributed by atoms with Gasteiger partial charge in [0.05, 0.1) is 17.0 Å². The zero-order valence-electron chi connectivity index (χ0n) is 13.6. The molecule has 2 aromatic heterocycles. The molecule has 0 radical (unpaired) electrons. The second-order valence-corrected chi connectivity index (χ2v) is 7.56. The number of amides is 1. The largest absolute Gasteiger partial charge is 0.351 e. The number of aromatic nitrogens is 3. The molecule has 136 valence electrons. The van der Waals surface area contributed by atoms with E-state index in [9.17, 15) is 13.6 Å². The van der Waals surface area contributed by atoms with E-state index in [4.69, 9.17) is 0 Å². The SMILES string of the molecule is O=C(CSc1ncnc2c1[nH]c1ccc(Br)cc12)Nc1ccc(F)cc1F. The fourth-order valence-electron chi connectivity index (χ4n) is 2.66. The van der Waals surface area contributed by atoms with Gasteiger partial charge in [-0.15, -0.1) is 0 Å². The van der Waals surface area contributed by atoms with Crippen LogP contribution in [0.25, 0.3) is 21.9 Å². The first-order valence-corrected chi connectivity index (χ1v) is 9.59. The highest BCUT2D eigenvalue weighted by Gasteiger charge is 2.14. The minimum atomic E-state index is -0.820. The lowest BCUT2D eigenvalue weighted by atomic mass is 10.2. The van der Waals surface area contributed by atoms with Crippen LogP contribution in [0.5, 0.6) is 0 Å². The number of hydrogen-bond acceptors (Lipinski definition) is 4. The molecule has 0 aliphatic rings. The Hall–Kier alpha value is -2.52. The summed E-state index contributed by atoms with van der Waals surface area (Å²) in [7, 11) is 0. The van der Waals surface area contributed by atoms with Gasteiger partial charge in [0.1, 0.15) is 28.5 Å². The number of hydrogen-bond donors (Lipinski definition) is 2. The summed E-state index contributed by atoms with van der Waals surface area (Å²) in [5.41, 5.74) is 2.34. The summed E-state index contributed by atoms with van der Waals surface area (Å²) in [6.07, 6.45) is 1.44. The van der Waals surface area contributed by atoms with Crippen LogP contribution < -0.4 is 5.32 Å². The van der Waals surface area contributed by atoms with Gasteiger partial charge >= 0.3 is 0 Å². The Morgan fingerprint density at radius 1 is 1.19 bits per heavy atom. The molecule has 0 bridgehead atoms. The van der Waals surface area contributed by atoms with Crippen LogP contribution in [0, 0.1) is 11.6 Å². The highest BCUT2D eigenvalue weighted by Crippen LogP contribution is 2.31. The van der Waals surface area contributed by atoms with E-state index >= 15 is 0 Å². The average Bonchev–Trinajstić information content (AvgIpc) is 3.01. The zero-order valence-corrected chi connectivity index (χ0v) is 16.0. The van der Waals surface area contributed by atoms with Gasteiger partial charge in [-0.2, -0.15) is 0 Å². The van der Waals surface area contributed by atoms with Crippen molar-refractivity contribution in [3.8, 4) is 0 Å². The first-order valence-electron chi connectivity index (χ1n) is 7.81. The highest BCUT2D eigenvalue weighted by molar-refractivity contribution is 9.10. The normalized spacial score (nSPS) is 11.2. The van der Waals surface area contributed by atoms with Crippen LogP contribution in [0.4, 0.5) is 14.5 Å². The highest BCUT2D eigenvalue weighted by atomic mass is 79.9. The predicted molar refractivity (Wildman–Crippen MR) is 105 cm³/mol. The average molecular weight is 449 g/mol. The smallest absolute Gasteiger partial charge is 0.234 e. The Bertz CT molecular complexity index is 1180.